The maximum atomic E-state index is 12.7. The van der Waals surface area contributed by atoms with Gasteiger partial charge in [0.25, 0.3) is 5.91 Å². The SMILES string of the molecule is CCN(C(=O)c1cccnc1)C(C)B1OC(C)(C)C(C)(C)O1. The minimum Gasteiger partial charge on any atom is -0.402 e. The van der Waals surface area contributed by atoms with Crippen LogP contribution in [0.2, 0.25) is 0 Å². The van der Waals surface area contributed by atoms with E-state index in [9.17, 15) is 4.79 Å². The Bertz CT molecular complexity index is 517. The van der Waals surface area contributed by atoms with Gasteiger partial charge in [-0.05, 0) is 53.7 Å². The van der Waals surface area contributed by atoms with Crippen LogP contribution in [0.4, 0.5) is 0 Å². The average Bonchev–Trinajstić information content (AvgIpc) is 2.69. The van der Waals surface area contributed by atoms with Gasteiger partial charge in [0.2, 0.25) is 0 Å². The number of carbonyl (C=O) groups is 1. The molecule has 0 aromatic carbocycles. The highest BCUT2D eigenvalue weighted by Gasteiger charge is 2.54. The molecule has 1 aromatic heterocycles. The Kier molecular flexibility index (Phi) is 4.63. The minimum atomic E-state index is -0.439. The summed E-state index contributed by atoms with van der Waals surface area (Å²) < 4.78 is 12.1. The summed E-state index contributed by atoms with van der Waals surface area (Å²) in [6, 6.07) is 3.54. The van der Waals surface area contributed by atoms with Crippen molar-refractivity contribution in [1.29, 1.82) is 0 Å². The third kappa shape index (κ3) is 3.03. The van der Waals surface area contributed by atoms with Crippen molar-refractivity contribution >= 4 is 13.0 Å². The Balaban J connectivity index is 2.17. The second-order valence-corrected chi connectivity index (χ2v) is 6.70. The maximum absolute atomic E-state index is 12.7. The van der Waals surface area contributed by atoms with Crippen molar-refractivity contribution in [2.45, 2.75) is 58.7 Å². The monoisotopic (exact) mass is 304 g/mol. The lowest BCUT2D eigenvalue weighted by atomic mass is 9.78. The van der Waals surface area contributed by atoms with Crippen molar-refractivity contribution in [3.8, 4) is 0 Å². The van der Waals surface area contributed by atoms with Crippen LogP contribution in [0.25, 0.3) is 0 Å². The number of rotatable bonds is 4. The van der Waals surface area contributed by atoms with Gasteiger partial charge in [0, 0.05) is 18.9 Å². The van der Waals surface area contributed by atoms with Gasteiger partial charge >= 0.3 is 7.12 Å². The van der Waals surface area contributed by atoms with Gasteiger partial charge in [0.05, 0.1) is 22.7 Å². The Labute approximate surface area is 133 Å². The number of hydrogen-bond acceptors (Lipinski definition) is 4. The van der Waals surface area contributed by atoms with E-state index in [4.69, 9.17) is 9.31 Å². The smallest absolute Gasteiger partial charge is 0.402 e. The van der Waals surface area contributed by atoms with Crippen molar-refractivity contribution in [2.24, 2.45) is 0 Å². The van der Waals surface area contributed by atoms with Crippen LogP contribution < -0.4 is 0 Å². The van der Waals surface area contributed by atoms with E-state index in [-0.39, 0.29) is 11.8 Å². The van der Waals surface area contributed by atoms with Crippen LogP contribution >= 0.6 is 0 Å². The second-order valence-electron chi connectivity index (χ2n) is 6.70. The molecule has 0 saturated carbocycles. The van der Waals surface area contributed by atoms with E-state index in [0.29, 0.717) is 12.1 Å². The van der Waals surface area contributed by atoms with Crippen LogP contribution in [0.15, 0.2) is 24.5 Å². The summed E-state index contributed by atoms with van der Waals surface area (Å²) in [5.74, 6) is -0.239. The number of hydrogen-bond donors (Lipinski definition) is 0. The predicted octanol–water partition coefficient (Wildman–Crippen LogP) is 2.56. The van der Waals surface area contributed by atoms with Crippen molar-refractivity contribution < 1.29 is 14.1 Å². The third-order valence-electron chi connectivity index (χ3n) is 4.67. The molecule has 2 rings (SSSR count). The average molecular weight is 304 g/mol. The molecule has 1 aliphatic heterocycles. The van der Waals surface area contributed by atoms with Crippen molar-refractivity contribution in [1.82, 2.24) is 9.88 Å². The normalized spacial score (nSPS) is 20.7. The number of nitrogens with zero attached hydrogens (tertiary/aromatic N) is 2. The zero-order valence-electron chi connectivity index (χ0n) is 14.3. The lowest BCUT2D eigenvalue weighted by Gasteiger charge is -2.32. The summed E-state index contributed by atoms with van der Waals surface area (Å²) in [5, 5.41) is 0. The summed E-state index contributed by atoms with van der Waals surface area (Å²) in [6.45, 7) is 12.5. The van der Waals surface area contributed by atoms with E-state index < -0.39 is 18.3 Å². The minimum absolute atomic E-state index is 0.0576. The van der Waals surface area contributed by atoms with E-state index in [1.807, 2.05) is 41.5 Å². The fraction of sp³-hybridized carbons (Fsp3) is 0.625. The molecule has 0 radical (unpaired) electrons. The van der Waals surface area contributed by atoms with Gasteiger partial charge in [-0.25, -0.2) is 0 Å². The van der Waals surface area contributed by atoms with E-state index in [2.05, 4.69) is 4.98 Å². The van der Waals surface area contributed by atoms with Crippen LogP contribution in [0.5, 0.6) is 0 Å². The molecule has 120 valence electrons. The van der Waals surface area contributed by atoms with Gasteiger partial charge in [-0.1, -0.05) is 0 Å². The third-order valence-corrected chi connectivity index (χ3v) is 4.67. The van der Waals surface area contributed by atoms with Gasteiger partial charge in [-0.2, -0.15) is 0 Å². The molecule has 5 nitrogen and oxygen atoms in total. The number of carbonyl (C=O) groups excluding carboxylic acids is 1. The van der Waals surface area contributed by atoms with Gasteiger partial charge in [-0.15, -0.1) is 0 Å². The zero-order chi connectivity index (χ0) is 16.5. The molecule has 1 aliphatic rings. The highest BCUT2D eigenvalue weighted by atomic mass is 16.7. The Morgan fingerprint density at radius 1 is 1.32 bits per heavy atom. The van der Waals surface area contributed by atoms with Crippen LogP contribution in [0.1, 0.15) is 51.9 Å². The standard InChI is InChI=1S/C16H25BN2O3/c1-7-19(14(20)13-9-8-10-18-11-13)12(2)17-21-15(3,4)16(5,6)22-17/h8-12H,7H2,1-6H3. The number of aromatic nitrogens is 1. The molecule has 22 heavy (non-hydrogen) atoms. The summed E-state index contributed by atoms with van der Waals surface area (Å²) in [7, 11) is -0.439. The topological polar surface area (TPSA) is 51.7 Å². The first kappa shape index (κ1) is 17.0. The Morgan fingerprint density at radius 2 is 1.91 bits per heavy atom. The van der Waals surface area contributed by atoms with Crippen molar-refractivity contribution in [2.75, 3.05) is 6.54 Å². The van der Waals surface area contributed by atoms with Crippen LogP contribution in [-0.4, -0.2) is 46.6 Å². The predicted molar refractivity (Wildman–Crippen MR) is 86.5 cm³/mol. The number of pyridine rings is 1. The van der Waals surface area contributed by atoms with Gasteiger partial charge in [0.15, 0.2) is 0 Å². The molecule has 1 unspecified atom stereocenters. The molecule has 1 aromatic rings. The molecule has 6 heteroatoms. The first-order valence-electron chi connectivity index (χ1n) is 7.76. The summed E-state index contributed by atoms with van der Waals surface area (Å²) in [6.07, 6.45) is 3.24. The second kappa shape index (κ2) is 6.01. The molecular formula is C16H25BN2O3. The molecular weight excluding hydrogens is 279 g/mol. The fourth-order valence-electron chi connectivity index (χ4n) is 2.50. The molecule has 0 aliphatic carbocycles. The molecule has 2 heterocycles. The van der Waals surface area contributed by atoms with E-state index >= 15 is 0 Å². The van der Waals surface area contributed by atoms with E-state index in [1.54, 1.807) is 29.4 Å². The van der Waals surface area contributed by atoms with Gasteiger partial charge in [0.1, 0.15) is 0 Å². The molecule has 0 bridgehead atoms. The van der Waals surface area contributed by atoms with Crippen molar-refractivity contribution in [3.63, 3.8) is 0 Å². The number of amides is 1. The van der Waals surface area contributed by atoms with Gasteiger partial charge < -0.3 is 14.2 Å². The van der Waals surface area contributed by atoms with Crippen molar-refractivity contribution in [3.05, 3.63) is 30.1 Å². The van der Waals surface area contributed by atoms with Gasteiger partial charge in [-0.3, -0.25) is 9.78 Å². The van der Waals surface area contributed by atoms with Crippen LogP contribution in [0, 0.1) is 0 Å². The highest BCUT2D eigenvalue weighted by molar-refractivity contribution is 6.47. The summed E-state index contributed by atoms with van der Waals surface area (Å²) in [4.78, 5) is 18.5. The zero-order valence-corrected chi connectivity index (χ0v) is 14.3. The molecule has 0 spiro atoms. The Hall–Kier alpha value is -1.40. The highest BCUT2D eigenvalue weighted by Crippen LogP contribution is 2.38. The molecule has 1 saturated heterocycles. The Morgan fingerprint density at radius 3 is 2.36 bits per heavy atom. The van der Waals surface area contributed by atoms with E-state index in [0.717, 1.165) is 0 Å². The fourth-order valence-corrected chi connectivity index (χ4v) is 2.50. The molecule has 1 atom stereocenters. The largest absolute Gasteiger partial charge is 0.481 e. The molecule has 1 amide bonds. The lowest BCUT2D eigenvalue weighted by Crippen LogP contribution is -2.49. The molecule has 0 N–H and O–H groups in total. The lowest BCUT2D eigenvalue weighted by molar-refractivity contribution is 0.00578. The summed E-state index contributed by atoms with van der Waals surface area (Å²) in [5.41, 5.74) is -0.224. The first-order chi connectivity index (χ1) is 10.2. The molecule has 1 fully saturated rings. The maximum Gasteiger partial charge on any atom is 0.481 e. The first-order valence-corrected chi connectivity index (χ1v) is 7.76. The van der Waals surface area contributed by atoms with Crippen LogP contribution in [0.3, 0.4) is 0 Å². The van der Waals surface area contributed by atoms with Crippen LogP contribution in [-0.2, 0) is 9.31 Å². The van der Waals surface area contributed by atoms with E-state index in [1.165, 1.54) is 0 Å². The quantitative estimate of drug-likeness (QED) is 0.802. The summed E-state index contributed by atoms with van der Waals surface area (Å²) >= 11 is 0.